The highest BCUT2D eigenvalue weighted by atomic mass is 16.5. The van der Waals surface area contributed by atoms with Crippen LogP contribution < -0.4 is 20.1 Å². The summed E-state index contributed by atoms with van der Waals surface area (Å²) >= 11 is 0. The number of ether oxygens (including phenoxy) is 2. The van der Waals surface area contributed by atoms with Gasteiger partial charge in [-0.15, -0.1) is 0 Å². The van der Waals surface area contributed by atoms with Crippen LogP contribution in [0.4, 0.5) is 5.69 Å². The Labute approximate surface area is 152 Å². The zero-order valence-corrected chi connectivity index (χ0v) is 14.8. The second-order valence-corrected chi connectivity index (χ2v) is 5.59. The minimum Gasteiger partial charge on any atom is -0.497 e. The molecule has 2 N–H and O–H groups in total. The molecule has 0 saturated heterocycles. The first-order chi connectivity index (χ1) is 12.5. The maximum atomic E-state index is 12.9. The van der Waals surface area contributed by atoms with E-state index in [1.54, 1.807) is 68.6 Å². The molecule has 2 amide bonds. The van der Waals surface area contributed by atoms with Crippen molar-refractivity contribution in [2.24, 2.45) is 5.73 Å². The van der Waals surface area contributed by atoms with E-state index >= 15 is 0 Å². The predicted molar refractivity (Wildman–Crippen MR) is 101 cm³/mol. The number of hydrogen-bond donors (Lipinski definition) is 1. The van der Waals surface area contributed by atoms with Gasteiger partial charge >= 0.3 is 0 Å². The van der Waals surface area contributed by atoms with Gasteiger partial charge in [-0.2, -0.15) is 0 Å². The molecule has 0 unspecified atom stereocenters. The van der Waals surface area contributed by atoms with E-state index in [-0.39, 0.29) is 0 Å². The SMILES string of the molecule is C=CCOc1ccc(C(=O)N(C(=O)[C@H](C)N)c2ccc(OC)cc2)cc1. The second-order valence-electron chi connectivity index (χ2n) is 5.59. The first-order valence-electron chi connectivity index (χ1n) is 8.09. The van der Waals surface area contributed by atoms with E-state index < -0.39 is 17.9 Å². The van der Waals surface area contributed by atoms with Crippen molar-refractivity contribution >= 4 is 17.5 Å². The number of rotatable bonds is 7. The third-order valence-corrected chi connectivity index (χ3v) is 3.61. The average molecular weight is 354 g/mol. The number of nitrogens with two attached hydrogens (primary N) is 1. The molecule has 2 aromatic carbocycles. The molecule has 0 fully saturated rings. The van der Waals surface area contributed by atoms with Gasteiger partial charge in [0, 0.05) is 5.56 Å². The summed E-state index contributed by atoms with van der Waals surface area (Å²) in [6.07, 6.45) is 1.63. The van der Waals surface area contributed by atoms with Gasteiger partial charge in [-0.05, 0) is 55.5 Å². The minimum absolute atomic E-state index is 0.348. The Morgan fingerprint density at radius 2 is 1.69 bits per heavy atom. The third kappa shape index (κ3) is 4.49. The highest BCUT2D eigenvalue weighted by Crippen LogP contribution is 2.23. The molecule has 0 saturated carbocycles. The molecule has 0 aliphatic carbocycles. The number of amides is 2. The van der Waals surface area contributed by atoms with E-state index in [0.717, 1.165) is 4.90 Å². The molecular weight excluding hydrogens is 332 g/mol. The monoisotopic (exact) mass is 354 g/mol. The molecule has 0 aliphatic rings. The molecule has 6 nitrogen and oxygen atoms in total. The van der Waals surface area contributed by atoms with Crippen molar-refractivity contribution < 1.29 is 19.1 Å². The molecule has 6 heteroatoms. The van der Waals surface area contributed by atoms with Gasteiger partial charge in [0.15, 0.2) is 0 Å². The number of carbonyl (C=O) groups is 2. The van der Waals surface area contributed by atoms with E-state index in [0.29, 0.717) is 29.4 Å². The van der Waals surface area contributed by atoms with Crippen LogP contribution in [-0.4, -0.2) is 31.6 Å². The molecule has 1 atom stereocenters. The van der Waals surface area contributed by atoms with Gasteiger partial charge in [0.25, 0.3) is 11.8 Å². The van der Waals surface area contributed by atoms with Gasteiger partial charge in [-0.1, -0.05) is 12.7 Å². The lowest BCUT2D eigenvalue weighted by Gasteiger charge is -2.23. The number of hydrogen-bond acceptors (Lipinski definition) is 5. The van der Waals surface area contributed by atoms with Crippen LogP contribution in [0.25, 0.3) is 0 Å². The highest BCUT2D eigenvalue weighted by molar-refractivity contribution is 6.22. The molecule has 2 aromatic rings. The van der Waals surface area contributed by atoms with Crippen molar-refractivity contribution in [2.45, 2.75) is 13.0 Å². The number of carbonyl (C=O) groups excluding carboxylic acids is 2. The fourth-order valence-electron chi connectivity index (χ4n) is 2.26. The maximum Gasteiger partial charge on any atom is 0.265 e. The summed E-state index contributed by atoms with van der Waals surface area (Å²) in [5.74, 6) is 0.272. The maximum absolute atomic E-state index is 12.9. The van der Waals surface area contributed by atoms with Gasteiger partial charge < -0.3 is 15.2 Å². The second kappa shape index (κ2) is 8.82. The predicted octanol–water partition coefficient (Wildman–Crippen LogP) is 2.78. The zero-order chi connectivity index (χ0) is 19.1. The highest BCUT2D eigenvalue weighted by Gasteiger charge is 2.27. The smallest absolute Gasteiger partial charge is 0.265 e. The zero-order valence-electron chi connectivity index (χ0n) is 14.8. The summed E-state index contributed by atoms with van der Waals surface area (Å²) in [6, 6.07) is 12.3. The van der Waals surface area contributed by atoms with E-state index in [1.807, 2.05) is 0 Å². The van der Waals surface area contributed by atoms with E-state index in [9.17, 15) is 9.59 Å². The van der Waals surface area contributed by atoms with Crippen LogP contribution in [0.3, 0.4) is 0 Å². The molecule has 0 aliphatic heterocycles. The lowest BCUT2D eigenvalue weighted by molar-refractivity contribution is -0.118. The van der Waals surface area contributed by atoms with Crippen LogP contribution in [0.1, 0.15) is 17.3 Å². The van der Waals surface area contributed by atoms with Crippen molar-refractivity contribution in [3.05, 3.63) is 66.7 Å². The van der Waals surface area contributed by atoms with Gasteiger partial charge in [0.1, 0.15) is 18.1 Å². The van der Waals surface area contributed by atoms with Gasteiger partial charge in [-0.3, -0.25) is 9.59 Å². The molecule has 0 spiro atoms. The van der Waals surface area contributed by atoms with Crippen molar-refractivity contribution in [1.82, 2.24) is 0 Å². The Hall–Kier alpha value is -3.12. The molecule has 26 heavy (non-hydrogen) atoms. The van der Waals surface area contributed by atoms with Crippen molar-refractivity contribution in [3.63, 3.8) is 0 Å². The summed E-state index contributed by atoms with van der Waals surface area (Å²) in [5, 5.41) is 0. The molecule has 0 radical (unpaired) electrons. The van der Waals surface area contributed by atoms with Crippen LogP contribution in [0.5, 0.6) is 11.5 Å². The molecule has 0 heterocycles. The first kappa shape index (κ1) is 19.2. The van der Waals surface area contributed by atoms with Crippen LogP contribution in [0, 0.1) is 0 Å². The Balaban J connectivity index is 2.33. The van der Waals surface area contributed by atoms with Gasteiger partial charge in [0.05, 0.1) is 18.8 Å². The fraction of sp³-hybridized carbons (Fsp3) is 0.200. The largest absolute Gasteiger partial charge is 0.497 e. The third-order valence-electron chi connectivity index (χ3n) is 3.61. The summed E-state index contributed by atoms with van der Waals surface area (Å²) in [6.45, 7) is 5.49. The molecule has 0 aromatic heterocycles. The van der Waals surface area contributed by atoms with Crippen molar-refractivity contribution in [1.29, 1.82) is 0 Å². The Kier molecular flexibility index (Phi) is 6.52. The summed E-state index contributed by atoms with van der Waals surface area (Å²) < 4.78 is 10.5. The Bertz CT molecular complexity index is 767. The van der Waals surface area contributed by atoms with Crippen LogP contribution in [0.15, 0.2) is 61.2 Å². The summed E-state index contributed by atoms with van der Waals surface area (Å²) in [5.41, 5.74) is 6.50. The van der Waals surface area contributed by atoms with Crippen LogP contribution in [0.2, 0.25) is 0 Å². The number of imide groups is 1. The summed E-state index contributed by atoms with van der Waals surface area (Å²) in [4.78, 5) is 26.5. The minimum atomic E-state index is -0.823. The normalized spacial score (nSPS) is 11.3. The lowest BCUT2D eigenvalue weighted by atomic mass is 10.1. The number of anilines is 1. The quantitative estimate of drug-likeness (QED) is 0.773. The first-order valence-corrected chi connectivity index (χ1v) is 8.09. The molecule has 2 rings (SSSR count). The van der Waals surface area contributed by atoms with Crippen LogP contribution in [-0.2, 0) is 4.79 Å². The van der Waals surface area contributed by atoms with Crippen molar-refractivity contribution in [3.8, 4) is 11.5 Å². The fourth-order valence-corrected chi connectivity index (χ4v) is 2.26. The topological polar surface area (TPSA) is 81.9 Å². The van der Waals surface area contributed by atoms with E-state index in [1.165, 1.54) is 0 Å². The number of methoxy groups -OCH3 is 1. The number of benzene rings is 2. The van der Waals surface area contributed by atoms with E-state index in [4.69, 9.17) is 15.2 Å². The average Bonchev–Trinajstić information content (AvgIpc) is 2.67. The van der Waals surface area contributed by atoms with Crippen molar-refractivity contribution in [2.75, 3.05) is 18.6 Å². The Morgan fingerprint density at radius 3 is 2.19 bits per heavy atom. The molecule has 0 bridgehead atoms. The number of nitrogens with zero attached hydrogens (tertiary/aromatic N) is 1. The standard InChI is InChI=1S/C20H22N2O4/c1-4-13-26-18-9-5-15(6-10-18)20(24)22(19(23)14(2)21)16-7-11-17(25-3)12-8-16/h4-12,14H,1,13,21H2,2-3H3/t14-/m0/s1. The lowest BCUT2D eigenvalue weighted by Crippen LogP contribution is -2.45. The molecular formula is C20H22N2O4. The van der Waals surface area contributed by atoms with Gasteiger partial charge in [0.2, 0.25) is 0 Å². The Morgan fingerprint density at radius 1 is 1.12 bits per heavy atom. The molecule has 136 valence electrons. The van der Waals surface area contributed by atoms with Gasteiger partial charge in [-0.25, -0.2) is 4.90 Å². The summed E-state index contributed by atoms with van der Waals surface area (Å²) in [7, 11) is 1.54. The van der Waals surface area contributed by atoms with E-state index in [2.05, 4.69) is 6.58 Å². The van der Waals surface area contributed by atoms with Crippen LogP contribution >= 0.6 is 0 Å².